The van der Waals surface area contributed by atoms with Gasteiger partial charge in [0.25, 0.3) is 0 Å². The number of nitrogens with two attached hydrogens (primary N) is 1. The Kier molecular flexibility index (Phi) is 3.05. The Labute approximate surface area is 119 Å². The van der Waals surface area contributed by atoms with E-state index in [4.69, 9.17) is 5.73 Å². The topological polar surface area (TPSA) is 38.9 Å². The van der Waals surface area contributed by atoms with Crippen molar-refractivity contribution in [1.29, 1.82) is 0 Å². The maximum absolute atomic E-state index is 12.8. The highest BCUT2D eigenvalue weighted by atomic mass is 19.4. The van der Waals surface area contributed by atoms with Gasteiger partial charge in [-0.05, 0) is 18.2 Å². The number of alkyl halides is 3. The van der Waals surface area contributed by atoms with Gasteiger partial charge in [0.2, 0.25) is 0 Å². The first-order chi connectivity index (χ1) is 9.95. The number of nitrogens with zero attached hydrogens (tertiary/aromatic N) is 1. The molecule has 1 aromatic heterocycles. The van der Waals surface area contributed by atoms with E-state index in [-0.39, 0.29) is 5.52 Å². The van der Waals surface area contributed by atoms with E-state index in [9.17, 15) is 13.2 Å². The highest BCUT2D eigenvalue weighted by Crippen LogP contribution is 2.33. The minimum absolute atomic E-state index is 0.240. The van der Waals surface area contributed by atoms with Gasteiger partial charge in [-0.25, -0.2) is 4.98 Å². The molecule has 21 heavy (non-hydrogen) atoms. The van der Waals surface area contributed by atoms with Crippen molar-refractivity contribution in [3.05, 3.63) is 60.2 Å². The Morgan fingerprint density at radius 1 is 0.905 bits per heavy atom. The van der Waals surface area contributed by atoms with Crippen LogP contribution in [0.25, 0.3) is 22.2 Å². The molecule has 0 aliphatic carbocycles. The summed E-state index contributed by atoms with van der Waals surface area (Å²) in [7, 11) is 0. The summed E-state index contributed by atoms with van der Waals surface area (Å²) in [5.41, 5.74) is 7.22. The second-order valence-corrected chi connectivity index (χ2v) is 4.69. The van der Waals surface area contributed by atoms with Crippen LogP contribution in [0.5, 0.6) is 0 Å². The lowest BCUT2D eigenvalue weighted by molar-refractivity contribution is -0.137. The number of pyridine rings is 1. The SMILES string of the molecule is Nc1cc(-c2ccccc2)nc2cc(C(F)(F)F)ccc12. The first-order valence-corrected chi connectivity index (χ1v) is 6.28. The van der Waals surface area contributed by atoms with E-state index in [0.717, 1.165) is 17.7 Å². The second-order valence-electron chi connectivity index (χ2n) is 4.69. The van der Waals surface area contributed by atoms with Crippen LogP contribution in [-0.4, -0.2) is 4.98 Å². The van der Waals surface area contributed by atoms with Crippen molar-refractivity contribution in [1.82, 2.24) is 4.98 Å². The molecule has 2 nitrogen and oxygen atoms in total. The molecule has 0 saturated carbocycles. The maximum atomic E-state index is 12.8. The fourth-order valence-corrected chi connectivity index (χ4v) is 2.19. The molecule has 0 aliphatic rings. The average molecular weight is 288 g/mol. The third kappa shape index (κ3) is 2.54. The van der Waals surface area contributed by atoms with Gasteiger partial charge < -0.3 is 5.73 Å². The number of hydrogen-bond donors (Lipinski definition) is 1. The Morgan fingerprint density at radius 2 is 1.62 bits per heavy atom. The fourth-order valence-electron chi connectivity index (χ4n) is 2.19. The second kappa shape index (κ2) is 4.77. The van der Waals surface area contributed by atoms with Crippen LogP contribution in [-0.2, 0) is 6.18 Å². The molecule has 3 aromatic rings. The van der Waals surface area contributed by atoms with E-state index in [1.54, 1.807) is 6.07 Å². The van der Waals surface area contributed by atoms with Crippen LogP contribution in [0.2, 0.25) is 0 Å². The smallest absolute Gasteiger partial charge is 0.398 e. The van der Waals surface area contributed by atoms with Crippen molar-refractivity contribution >= 4 is 16.6 Å². The van der Waals surface area contributed by atoms with Crippen molar-refractivity contribution in [3.8, 4) is 11.3 Å². The Bertz CT molecular complexity index is 796. The molecule has 2 aromatic carbocycles. The van der Waals surface area contributed by atoms with Crippen LogP contribution in [0.1, 0.15) is 5.56 Å². The van der Waals surface area contributed by atoms with E-state index in [0.29, 0.717) is 16.8 Å². The van der Waals surface area contributed by atoms with Crippen LogP contribution < -0.4 is 5.73 Å². The van der Waals surface area contributed by atoms with Crippen molar-refractivity contribution in [3.63, 3.8) is 0 Å². The molecule has 106 valence electrons. The third-order valence-electron chi connectivity index (χ3n) is 3.24. The first kappa shape index (κ1) is 13.4. The summed E-state index contributed by atoms with van der Waals surface area (Å²) in [6.07, 6.45) is -4.40. The lowest BCUT2D eigenvalue weighted by Gasteiger charge is -2.10. The average Bonchev–Trinajstić information content (AvgIpc) is 2.46. The molecule has 0 spiro atoms. The minimum Gasteiger partial charge on any atom is -0.398 e. The first-order valence-electron chi connectivity index (χ1n) is 6.28. The molecule has 0 bridgehead atoms. The zero-order chi connectivity index (χ0) is 15.0. The van der Waals surface area contributed by atoms with Crippen LogP contribution in [0.3, 0.4) is 0 Å². The monoisotopic (exact) mass is 288 g/mol. The molecule has 0 radical (unpaired) electrons. The highest BCUT2D eigenvalue weighted by molar-refractivity contribution is 5.93. The number of benzene rings is 2. The number of nitrogen functional groups attached to an aromatic ring is 1. The van der Waals surface area contributed by atoms with Crippen LogP contribution in [0, 0.1) is 0 Å². The van der Waals surface area contributed by atoms with Crippen LogP contribution in [0.4, 0.5) is 18.9 Å². The van der Waals surface area contributed by atoms with Gasteiger partial charge >= 0.3 is 6.18 Å². The van der Waals surface area contributed by atoms with Crippen molar-refractivity contribution in [2.24, 2.45) is 0 Å². The number of anilines is 1. The van der Waals surface area contributed by atoms with E-state index < -0.39 is 11.7 Å². The number of fused-ring (bicyclic) bond motifs is 1. The molecule has 3 rings (SSSR count). The molecule has 0 fully saturated rings. The van der Waals surface area contributed by atoms with Crippen molar-refractivity contribution in [2.75, 3.05) is 5.73 Å². The van der Waals surface area contributed by atoms with E-state index in [1.165, 1.54) is 6.07 Å². The molecule has 5 heteroatoms. The molecular formula is C16H11F3N2. The predicted octanol–water partition coefficient (Wildman–Crippen LogP) is 4.50. The quantitative estimate of drug-likeness (QED) is 0.716. The van der Waals surface area contributed by atoms with Crippen molar-refractivity contribution < 1.29 is 13.2 Å². The van der Waals surface area contributed by atoms with Gasteiger partial charge in [-0.1, -0.05) is 36.4 Å². The molecule has 1 heterocycles. The number of aromatic nitrogens is 1. The van der Waals surface area contributed by atoms with Gasteiger partial charge in [0.1, 0.15) is 0 Å². The largest absolute Gasteiger partial charge is 0.416 e. The minimum atomic E-state index is -4.40. The van der Waals surface area contributed by atoms with Gasteiger partial charge in [0.15, 0.2) is 0 Å². The molecule has 0 amide bonds. The zero-order valence-corrected chi connectivity index (χ0v) is 10.9. The van der Waals surface area contributed by atoms with Gasteiger partial charge in [-0.2, -0.15) is 13.2 Å². The lowest BCUT2D eigenvalue weighted by atomic mass is 10.1. The van der Waals surface area contributed by atoms with E-state index in [1.807, 2.05) is 30.3 Å². The summed E-state index contributed by atoms with van der Waals surface area (Å²) in [4.78, 5) is 4.30. The maximum Gasteiger partial charge on any atom is 0.416 e. The van der Waals surface area contributed by atoms with Gasteiger partial charge in [0, 0.05) is 16.6 Å². The van der Waals surface area contributed by atoms with Crippen LogP contribution >= 0.6 is 0 Å². The molecule has 0 atom stereocenters. The lowest BCUT2D eigenvalue weighted by Crippen LogP contribution is -2.05. The molecule has 2 N–H and O–H groups in total. The molecule has 0 unspecified atom stereocenters. The summed E-state index contributed by atoms with van der Waals surface area (Å²) >= 11 is 0. The van der Waals surface area contributed by atoms with Gasteiger partial charge in [-0.3, -0.25) is 0 Å². The number of halogens is 3. The fraction of sp³-hybridized carbons (Fsp3) is 0.0625. The Morgan fingerprint density at radius 3 is 2.29 bits per heavy atom. The standard InChI is InChI=1S/C16H11F3N2/c17-16(18,19)11-6-7-12-13(20)9-14(21-15(12)8-11)10-4-2-1-3-5-10/h1-9H,(H2,20,21). The predicted molar refractivity (Wildman–Crippen MR) is 76.6 cm³/mol. The molecule has 0 aliphatic heterocycles. The van der Waals surface area contributed by atoms with Gasteiger partial charge in [0.05, 0.1) is 16.8 Å². The number of hydrogen-bond acceptors (Lipinski definition) is 2. The van der Waals surface area contributed by atoms with E-state index >= 15 is 0 Å². The normalized spacial score (nSPS) is 11.8. The summed E-state index contributed by atoms with van der Waals surface area (Å²) in [5.74, 6) is 0. The zero-order valence-electron chi connectivity index (χ0n) is 10.9. The number of rotatable bonds is 1. The molecular weight excluding hydrogens is 277 g/mol. The molecule has 0 saturated heterocycles. The van der Waals surface area contributed by atoms with E-state index in [2.05, 4.69) is 4.98 Å². The summed E-state index contributed by atoms with van der Waals surface area (Å²) in [6.45, 7) is 0. The third-order valence-corrected chi connectivity index (χ3v) is 3.24. The Balaban J connectivity index is 2.22. The van der Waals surface area contributed by atoms with Gasteiger partial charge in [-0.15, -0.1) is 0 Å². The summed E-state index contributed by atoms with van der Waals surface area (Å²) < 4.78 is 38.3. The van der Waals surface area contributed by atoms with Crippen molar-refractivity contribution in [2.45, 2.75) is 6.18 Å². The highest BCUT2D eigenvalue weighted by Gasteiger charge is 2.30. The summed E-state index contributed by atoms with van der Waals surface area (Å²) in [5, 5.41) is 0.516. The summed E-state index contributed by atoms with van der Waals surface area (Å²) in [6, 6.07) is 14.3. The van der Waals surface area contributed by atoms with Crippen LogP contribution in [0.15, 0.2) is 54.6 Å². The Hall–Kier alpha value is -2.56.